The molecule has 272 valence electrons. The lowest BCUT2D eigenvalue weighted by Gasteiger charge is -2.20. The minimum absolute atomic E-state index is 0.0115. The van der Waals surface area contributed by atoms with Crippen LogP contribution in [0.1, 0.15) is 129 Å². The fourth-order valence-electron chi connectivity index (χ4n) is 4.38. The fourth-order valence-corrected chi connectivity index (χ4v) is 5.16. The minimum atomic E-state index is -4.62. The average Bonchev–Trinajstić information content (AvgIpc) is 3.04. The summed E-state index contributed by atoms with van der Waals surface area (Å²) in [6.07, 6.45) is 34.7. The summed E-state index contributed by atoms with van der Waals surface area (Å²) in [5, 5.41) is 8.84. The van der Waals surface area contributed by atoms with Crippen molar-refractivity contribution in [2.24, 2.45) is 5.73 Å². The van der Waals surface area contributed by atoms with Crippen LogP contribution in [0.15, 0.2) is 48.6 Å². The lowest BCUT2D eigenvalue weighted by atomic mass is 10.1. The predicted octanol–water partition coefficient (Wildman–Crippen LogP) is 8.75. The first-order valence-corrected chi connectivity index (χ1v) is 19.2. The second kappa shape index (κ2) is 32.5. The van der Waals surface area contributed by atoms with Crippen LogP contribution in [0, 0.1) is 0 Å². The summed E-state index contributed by atoms with van der Waals surface area (Å²) in [5.41, 5.74) is 5.32. The molecular formula is C36H64NO9P. The van der Waals surface area contributed by atoms with E-state index in [2.05, 4.69) is 54.8 Å². The van der Waals surface area contributed by atoms with Crippen LogP contribution < -0.4 is 5.73 Å². The zero-order valence-corrected chi connectivity index (χ0v) is 30.0. The molecule has 0 amide bonds. The molecular weight excluding hydrogens is 621 g/mol. The largest absolute Gasteiger partial charge is 0.480 e. The number of carbonyl (C=O) groups excluding carboxylic acids is 1. The van der Waals surface area contributed by atoms with Gasteiger partial charge in [-0.05, 0) is 38.5 Å². The highest BCUT2D eigenvalue weighted by atomic mass is 31.2. The van der Waals surface area contributed by atoms with E-state index in [-0.39, 0.29) is 13.0 Å². The third-order valence-corrected chi connectivity index (χ3v) is 8.09. The summed E-state index contributed by atoms with van der Waals surface area (Å²) in [6.45, 7) is 3.64. The molecule has 0 aromatic carbocycles. The van der Waals surface area contributed by atoms with E-state index >= 15 is 0 Å². The number of esters is 1. The number of allylic oxidation sites excluding steroid dienone is 8. The molecule has 0 radical (unpaired) electrons. The van der Waals surface area contributed by atoms with E-state index in [0.29, 0.717) is 13.0 Å². The van der Waals surface area contributed by atoms with Gasteiger partial charge in [0.25, 0.3) is 0 Å². The van der Waals surface area contributed by atoms with Crippen LogP contribution in [0.2, 0.25) is 0 Å². The zero-order valence-electron chi connectivity index (χ0n) is 29.1. The maximum Gasteiger partial charge on any atom is 0.472 e. The minimum Gasteiger partial charge on any atom is -0.480 e. The van der Waals surface area contributed by atoms with Gasteiger partial charge in [0, 0.05) is 13.0 Å². The van der Waals surface area contributed by atoms with Gasteiger partial charge in [-0.15, -0.1) is 0 Å². The van der Waals surface area contributed by atoms with Crippen LogP contribution >= 0.6 is 7.82 Å². The van der Waals surface area contributed by atoms with E-state index in [1.165, 1.54) is 57.8 Å². The molecule has 0 fully saturated rings. The van der Waals surface area contributed by atoms with E-state index in [4.69, 9.17) is 24.8 Å². The number of phosphoric acid groups is 1. The lowest BCUT2D eigenvalue weighted by molar-refractivity contribution is -0.154. The molecule has 0 rings (SSSR count). The predicted molar refractivity (Wildman–Crippen MR) is 189 cm³/mol. The van der Waals surface area contributed by atoms with Crippen molar-refractivity contribution < 1.29 is 42.7 Å². The number of aliphatic carboxylic acids is 1. The number of hydrogen-bond acceptors (Lipinski definition) is 8. The number of ether oxygens (including phenoxy) is 2. The first kappa shape index (κ1) is 44.9. The Balaban J connectivity index is 4.47. The molecule has 47 heavy (non-hydrogen) atoms. The highest BCUT2D eigenvalue weighted by Crippen LogP contribution is 2.43. The Bertz CT molecular complexity index is 935. The molecule has 0 heterocycles. The van der Waals surface area contributed by atoms with Crippen LogP contribution in [0.25, 0.3) is 0 Å². The number of carbonyl (C=O) groups is 2. The van der Waals surface area contributed by atoms with Crippen LogP contribution in [0.5, 0.6) is 0 Å². The van der Waals surface area contributed by atoms with Gasteiger partial charge in [0.05, 0.1) is 19.8 Å². The molecule has 0 aromatic rings. The van der Waals surface area contributed by atoms with Crippen LogP contribution in [0.3, 0.4) is 0 Å². The molecule has 0 aliphatic carbocycles. The van der Waals surface area contributed by atoms with E-state index in [1.807, 2.05) is 12.2 Å². The lowest BCUT2D eigenvalue weighted by Crippen LogP contribution is -2.34. The molecule has 11 heteroatoms. The topological polar surface area (TPSA) is 155 Å². The molecule has 4 N–H and O–H groups in total. The van der Waals surface area contributed by atoms with Crippen molar-refractivity contribution >= 4 is 19.8 Å². The quantitative estimate of drug-likeness (QED) is 0.0264. The van der Waals surface area contributed by atoms with Crippen molar-refractivity contribution in [3.8, 4) is 0 Å². The third-order valence-electron chi connectivity index (χ3n) is 7.14. The number of hydrogen-bond donors (Lipinski definition) is 3. The van der Waals surface area contributed by atoms with Crippen LogP contribution in [0.4, 0.5) is 0 Å². The number of unbranched alkanes of at least 4 members (excludes halogenated alkanes) is 11. The number of phosphoric ester groups is 1. The summed E-state index contributed by atoms with van der Waals surface area (Å²) in [5.74, 6) is -1.87. The molecule has 0 aliphatic heterocycles. The van der Waals surface area contributed by atoms with Gasteiger partial charge in [-0.3, -0.25) is 18.6 Å². The highest BCUT2D eigenvalue weighted by Gasteiger charge is 2.27. The maximum absolute atomic E-state index is 12.5. The summed E-state index contributed by atoms with van der Waals surface area (Å²) < 4.78 is 33.0. The monoisotopic (exact) mass is 685 g/mol. The summed E-state index contributed by atoms with van der Waals surface area (Å²) in [7, 11) is -4.62. The molecule has 0 aromatic heterocycles. The van der Waals surface area contributed by atoms with Gasteiger partial charge in [0.1, 0.15) is 12.1 Å². The number of carboxylic acid groups (broad SMARTS) is 1. The average molecular weight is 686 g/mol. The van der Waals surface area contributed by atoms with Crippen molar-refractivity contribution in [3.63, 3.8) is 0 Å². The third kappa shape index (κ3) is 32.3. The number of nitrogens with two attached hydrogens (primary N) is 1. The van der Waals surface area contributed by atoms with Crippen molar-refractivity contribution in [2.75, 3.05) is 26.4 Å². The molecule has 3 atom stereocenters. The van der Waals surface area contributed by atoms with Gasteiger partial charge in [-0.25, -0.2) is 4.57 Å². The molecule has 0 spiro atoms. The first-order valence-electron chi connectivity index (χ1n) is 17.7. The van der Waals surface area contributed by atoms with Gasteiger partial charge in [-0.2, -0.15) is 0 Å². The van der Waals surface area contributed by atoms with Gasteiger partial charge in [-0.1, -0.05) is 133 Å². The van der Waals surface area contributed by atoms with Crippen molar-refractivity contribution in [3.05, 3.63) is 48.6 Å². The van der Waals surface area contributed by atoms with Crippen molar-refractivity contribution in [1.82, 2.24) is 0 Å². The Morgan fingerprint density at radius 2 is 1.19 bits per heavy atom. The molecule has 10 nitrogen and oxygen atoms in total. The summed E-state index contributed by atoms with van der Waals surface area (Å²) in [4.78, 5) is 33.2. The Hall–Kier alpha value is -2.07. The molecule has 0 saturated heterocycles. The van der Waals surface area contributed by atoms with Crippen molar-refractivity contribution in [2.45, 2.75) is 142 Å². The Kier molecular flexibility index (Phi) is 31.0. The number of rotatable bonds is 33. The second-order valence-corrected chi connectivity index (χ2v) is 13.1. The van der Waals surface area contributed by atoms with Gasteiger partial charge in [0.2, 0.25) is 0 Å². The summed E-state index contributed by atoms with van der Waals surface area (Å²) >= 11 is 0. The van der Waals surface area contributed by atoms with Crippen LogP contribution in [-0.2, 0) is 32.7 Å². The molecule has 0 bridgehead atoms. The normalized spacial score (nSPS) is 14.8. The van der Waals surface area contributed by atoms with Gasteiger partial charge >= 0.3 is 19.8 Å². The zero-order chi connectivity index (χ0) is 34.9. The summed E-state index contributed by atoms with van der Waals surface area (Å²) in [6, 6.07) is -1.48. The standard InChI is InChI=1S/C36H64NO9P/c1-3-5-7-9-11-13-15-17-18-20-22-24-26-28-35(38)46-33(31-44-47(41,42)45-32-34(37)36(39)40)30-43-29-27-25-23-21-19-16-14-12-10-8-6-4-2/h5,7,11,13,17-18,22,24,33-34H,3-4,6,8-10,12,14-16,19-21,23,25-32,37H2,1-2H3,(H,39,40)(H,41,42)/b7-5-,13-11-,18-17-,24-22-. The highest BCUT2D eigenvalue weighted by molar-refractivity contribution is 7.47. The molecule has 0 aliphatic rings. The van der Waals surface area contributed by atoms with E-state index in [9.17, 15) is 19.0 Å². The fraction of sp³-hybridized carbons (Fsp3) is 0.722. The smallest absolute Gasteiger partial charge is 0.472 e. The Morgan fingerprint density at radius 3 is 1.72 bits per heavy atom. The van der Waals surface area contributed by atoms with Gasteiger partial charge in [0.15, 0.2) is 0 Å². The van der Waals surface area contributed by atoms with E-state index in [1.54, 1.807) is 0 Å². The van der Waals surface area contributed by atoms with Crippen LogP contribution in [-0.4, -0.2) is 60.5 Å². The first-order chi connectivity index (χ1) is 22.7. The number of carboxylic acids is 1. The molecule has 3 unspecified atom stereocenters. The van der Waals surface area contributed by atoms with Gasteiger partial charge < -0.3 is 25.2 Å². The van der Waals surface area contributed by atoms with Crippen molar-refractivity contribution in [1.29, 1.82) is 0 Å². The Labute approximate surface area is 284 Å². The SMILES string of the molecule is CC/C=C\C/C=C\C/C=C\C/C=C\CCC(=O)OC(COCCCCCCCCCCCCCC)COP(=O)(O)OCC(N)C(=O)O. The van der Waals surface area contributed by atoms with E-state index < -0.39 is 45.1 Å². The molecule has 0 saturated carbocycles. The van der Waals surface area contributed by atoms with E-state index in [0.717, 1.165) is 44.9 Å². The Morgan fingerprint density at radius 1 is 0.702 bits per heavy atom. The maximum atomic E-state index is 12.5. The second-order valence-electron chi connectivity index (χ2n) is 11.6.